The summed E-state index contributed by atoms with van der Waals surface area (Å²) in [6, 6.07) is 35.6. The molecule has 2 heteroatoms. The highest BCUT2D eigenvalue weighted by atomic mass is 15.1. The number of nitrogens with zero attached hydrogens (tertiary/aromatic N) is 2. The number of rotatable bonds is 4. The zero-order valence-electron chi connectivity index (χ0n) is 18.5. The van der Waals surface area contributed by atoms with E-state index >= 15 is 0 Å². The van der Waals surface area contributed by atoms with Gasteiger partial charge in [-0.1, -0.05) is 74.5 Å². The number of hydrogen-bond acceptors (Lipinski definition) is 0. The van der Waals surface area contributed by atoms with Gasteiger partial charge < -0.3 is 9.13 Å². The molecule has 2 nitrogen and oxygen atoms in total. The van der Waals surface area contributed by atoms with Crippen molar-refractivity contribution in [3.63, 3.8) is 0 Å². The average molecular weight is 415 g/mol. The SMILES string of the molecule is CCc1ccc(-n2c3ccccc3c3c2c2ccccc2n3-c2ccc(CC)cc2)cc1. The van der Waals surface area contributed by atoms with E-state index in [1.165, 1.54) is 55.3 Å². The lowest BCUT2D eigenvalue weighted by molar-refractivity contribution is 1.12. The number of aryl methyl sites for hydroxylation is 2. The number of para-hydroxylation sites is 2. The molecule has 0 N–H and O–H groups in total. The summed E-state index contributed by atoms with van der Waals surface area (Å²) in [5.41, 5.74) is 10.2. The summed E-state index contributed by atoms with van der Waals surface area (Å²) in [6.07, 6.45) is 2.10. The largest absolute Gasteiger partial charge is 0.307 e. The molecule has 32 heavy (non-hydrogen) atoms. The summed E-state index contributed by atoms with van der Waals surface area (Å²) in [6.45, 7) is 4.41. The van der Waals surface area contributed by atoms with Crippen LogP contribution in [0.4, 0.5) is 0 Å². The van der Waals surface area contributed by atoms with E-state index in [9.17, 15) is 0 Å². The fraction of sp³-hybridized carbons (Fsp3) is 0.133. The van der Waals surface area contributed by atoms with Crippen LogP contribution in [0, 0.1) is 0 Å². The summed E-state index contributed by atoms with van der Waals surface area (Å²) < 4.78 is 4.87. The Hall–Kier alpha value is -3.78. The van der Waals surface area contributed by atoms with Crippen LogP contribution in [0.5, 0.6) is 0 Å². The van der Waals surface area contributed by atoms with Gasteiger partial charge in [0.2, 0.25) is 0 Å². The molecule has 2 heterocycles. The highest BCUT2D eigenvalue weighted by Gasteiger charge is 2.21. The van der Waals surface area contributed by atoms with Crippen molar-refractivity contribution < 1.29 is 0 Å². The molecule has 0 spiro atoms. The zero-order chi connectivity index (χ0) is 21.7. The van der Waals surface area contributed by atoms with Crippen LogP contribution in [0.15, 0.2) is 97.1 Å². The quantitative estimate of drug-likeness (QED) is 0.278. The maximum atomic E-state index is 2.43. The smallest absolute Gasteiger partial charge is 0.0803 e. The second-order valence-electron chi connectivity index (χ2n) is 8.44. The molecule has 0 aliphatic heterocycles. The molecule has 2 aromatic heterocycles. The van der Waals surface area contributed by atoms with Crippen molar-refractivity contribution in [3.05, 3.63) is 108 Å². The van der Waals surface area contributed by atoms with E-state index in [1.54, 1.807) is 0 Å². The van der Waals surface area contributed by atoms with E-state index in [2.05, 4.69) is 120 Å². The van der Waals surface area contributed by atoms with E-state index in [0.29, 0.717) is 0 Å². The van der Waals surface area contributed by atoms with Gasteiger partial charge in [-0.2, -0.15) is 0 Å². The van der Waals surface area contributed by atoms with Gasteiger partial charge in [-0.15, -0.1) is 0 Å². The van der Waals surface area contributed by atoms with Gasteiger partial charge >= 0.3 is 0 Å². The van der Waals surface area contributed by atoms with Gasteiger partial charge in [0.1, 0.15) is 0 Å². The van der Waals surface area contributed by atoms with Crippen LogP contribution < -0.4 is 0 Å². The monoisotopic (exact) mass is 414 g/mol. The Bertz CT molecular complexity index is 1440. The van der Waals surface area contributed by atoms with Gasteiger partial charge in [-0.25, -0.2) is 0 Å². The minimum atomic E-state index is 1.05. The van der Waals surface area contributed by atoms with E-state index in [0.717, 1.165) is 12.8 Å². The third kappa shape index (κ3) is 2.73. The first-order valence-corrected chi connectivity index (χ1v) is 11.5. The van der Waals surface area contributed by atoms with Crippen molar-refractivity contribution in [1.29, 1.82) is 0 Å². The second kappa shape index (κ2) is 7.42. The Labute approximate surface area is 188 Å². The molecule has 0 bridgehead atoms. The highest BCUT2D eigenvalue weighted by molar-refractivity contribution is 6.19. The number of hydrogen-bond donors (Lipinski definition) is 0. The van der Waals surface area contributed by atoms with E-state index in [4.69, 9.17) is 0 Å². The highest BCUT2D eigenvalue weighted by Crippen LogP contribution is 2.40. The molecule has 0 fully saturated rings. The summed E-state index contributed by atoms with van der Waals surface area (Å²) in [5, 5.41) is 2.55. The fourth-order valence-electron chi connectivity index (χ4n) is 4.98. The lowest BCUT2D eigenvalue weighted by Gasteiger charge is -2.09. The van der Waals surface area contributed by atoms with Gasteiger partial charge in [0.25, 0.3) is 0 Å². The van der Waals surface area contributed by atoms with Crippen molar-refractivity contribution in [2.24, 2.45) is 0 Å². The van der Waals surface area contributed by atoms with Crippen molar-refractivity contribution in [3.8, 4) is 11.4 Å². The normalized spacial score (nSPS) is 11.7. The lowest BCUT2D eigenvalue weighted by atomic mass is 10.1. The van der Waals surface area contributed by atoms with Crippen molar-refractivity contribution in [2.75, 3.05) is 0 Å². The molecule has 0 unspecified atom stereocenters. The first-order chi connectivity index (χ1) is 15.8. The van der Waals surface area contributed by atoms with E-state index in [1.807, 2.05) is 0 Å². The Kier molecular flexibility index (Phi) is 4.39. The Balaban J connectivity index is 1.78. The van der Waals surface area contributed by atoms with Gasteiger partial charge in [-0.05, 0) is 60.4 Å². The molecule has 0 aliphatic carbocycles. The third-order valence-corrected chi connectivity index (χ3v) is 6.68. The molecular formula is C30H26N2. The standard InChI is InChI=1S/C30H26N2/c1-3-21-13-17-23(18-14-21)31-27-11-7-5-9-25(27)30-29(31)26-10-6-8-12-28(26)32(30)24-19-15-22(4-2)16-20-24/h5-20H,3-4H2,1-2H3. The van der Waals surface area contributed by atoms with Crippen LogP contribution in [0.25, 0.3) is 44.2 Å². The van der Waals surface area contributed by atoms with Crippen molar-refractivity contribution in [1.82, 2.24) is 9.13 Å². The minimum absolute atomic E-state index is 1.05. The summed E-state index contributed by atoms with van der Waals surface area (Å²) in [7, 11) is 0. The third-order valence-electron chi connectivity index (χ3n) is 6.68. The Morgan fingerprint density at radius 3 is 1.22 bits per heavy atom. The number of aromatic nitrogens is 2. The minimum Gasteiger partial charge on any atom is -0.307 e. The summed E-state index contributed by atoms with van der Waals surface area (Å²) in [4.78, 5) is 0. The fourth-order valence-corrected chi connectivity index (χ4v) is 4.98. The molecule has 0 saturated carbocycles. The predicted octanol–water partition coefficient (Wildman–Crippen LogP) is 7.85. The summed E-state index contributed by atoms with van der Waals surface area (Å²) >= 11 is 0. The molecule has 0 amide bonds. The second-order valence-corrected chi connectivity index (χ2v) is 8.44. The van der Waals surface area contributed by atoms with Crippen LogP contribution in [0.2, 0.25) is 0 Å². The molecule has 0 aliphatic rings. The Morgan fingerprint density at radius 1 is 0.469 bits per heavy atom. The maximum absolute atomic E-state index is 2.43. The molecule has 0 atom stereocenters. The van der Waals surface area contributed by atoms with E-state index < -0.39 is 0 Å². The first-order valence-electron chi connectivity index (χ1n) is 11.5. The average Bonchev–Trinajstić information content (AvgIpc) is 3.37. The Morgan fingerprint density at radius 2 is 0.844 bits per heavy atom. The number of fused-ring (bicyclic) bond motifs is 5. The predicted molar refractivity (Wildman–Crippen MR) is 136 cm³/mol. The molecule has 6 rings (SSSR count). The number of benzene rings is 4. The molecule has 0 saturated heterocycles. The topological polar surface area (TPSA) is 9.86 Å². The zero-order valence-corrected chi connectivity index (χ0v) is 18.5. The first kappa shape index (κ1) is 18.9. The van der Waals surface area contributed by atoms with E-state index in [-0.39, 0.29) is 0 Å². The van der Waals surface area contributed by atoms with Gasteiger partial charge in [0.05, 0.1) is 22.1 Å². The molecule has 156 valence electrons. The van der Waals surface area contributed by atoms with Gasteiger partial charge in [-0.3, -0.25) is 0 Å². The van der Waals surface area contributed by atoms with Gasteiger partial charge in [0.15, 0.2) is 0 Å². The lowest BCUT2D eigenvalue weighted by Crippen LogP contribution is -1.94. The molecule has 4 aromatic carbocycles. The summed E-state index contributed by atoms with van der Waals surface area (Å²) in [5.74, 6) is 0. The van der Waals surface area contributed by atoms with Crippen LogP contribution in [0.1, 0.15) is 25.0 Å². The van der Waals surface area contributed by atoms with Crippen LogP contribution in [-0.4, -0.2) is 9.13 Å². The molecular weight excluding hydrogens is 388 g/mol. The molecule has 6 aromatic rings. The van der Waals surface area contributed by atoms with Gasteiger partial charge in [0, 0.05) is 22.1 Å². The van der Waals surface area contributed by atoms with Crippen LogP contribution in [0.3, 0.4) is 0 Å². The van der Waals surface area contributed by atoms with Crippen molar-refractivity contribution in [2.45, 2.75) is 26.7 Å². The van der Waals surface area contributed by atoms with Crippen LogP contribution >= 0.6 is 0 Å². The van der Waals surface area contributed by atoms with Crippen molar-refractivity contribution >= 4 is 32.8 Å². The van der Waals surface area contributed by atoms with Crippen LogP contribution in [-0.2, 0) is 12.8 Å². The maximum Gasteiger partial charge on any atom is 0.0803 e. The molecule has 0 radical (unpaired) electrons.